The second-order valence-electron chi connectivity index (χ2n) is 5.64. The number of anilines is 1. The van der Waals surface area contributed by atoms with E-state index in [2.05, 4.69) is 10.5 Å². The van der Waals surface area contributed by atoms with Gasteiger partial charge < -0.3 is 14.2 Å². The van der Waals surface area contributed by atoms with Crippen molar-refractivity contribution in [3.8, 4) is 5.75 Å². The Bertz CT molecular complexity index is 582. The molecule has 3 rings (SSSR count). The lowest BCUT2D eigenvalue weighted by atomic mass is 9.86. The zero-order valence-corrected chi connectivity index (χ0v) is 13.3. The highest BCUT2D eigenvalue weighted by atomic mass is 16.7. The first-order valence-electron chi connectivity index (χ1n) is 8.08. The molecule has 0 radical (unpaired) electrons. The molecular formula is C17H22N2O4. The average molecular weight is 318 g/mol. The van der Waals surface area contributed by atoms with Crippen molar-refractivity contribution in [3.05, 3.63) is 24.3 Å². The van der Waals surface area contributed by atoms with E-state index in [1.165, 1.54) is 0 Å². The van der Waals surface area contributed by atoms with Crippen LogP contribution in [0.3, 0.4) is 0 Å². The first-order chi connectivity index (χ1) is 11.3. The predicted octanol–water partition coefficient (Wildman–Crippen LogP) is 2.60. The highest BCUT2D eigenvalue weighted by molar-refractivity contribution is 6.40. The molecule has 0 amide bonds. The molecular weight excluding hydrogens is 296 g/mol. The van der Waals surface area contributed by atoms with E-state index in [-0.39, 0.29) is 18.0 Å². The third kappa shape index (κ3) is 3.89. The van der Waals surface area contributed by atoms with Crippen molar-refractivity contribution >= 4 is 17.2 Å². The van der Waals surface area contributed by atoms with Crippen molar-refractivity contribution in [2.24, 2.45) is 11.0 Å². The van der Waals surface area contributed by atoms with Crippen molar-refractivity contribution < 1.29 is 19.0 Å². The van der Waals surface area contributed by atoms with Gasteiger partial charge in [-0.2, -0.15) is 5.10 Å². The molecule has 1 N–H and O–H groups in total. The van der Waals surface area contributed by atoms with Crippen molar-refractivity contribution in [1.29, 1.82) is 0 Å². The summed E-state index contributed by atoms with van der Waals surface area (Å²) in [5.41, 5.74) is 4.27. The third-order valence-corrected chi connectivity index (χ3v) is 4.05. The molecule has 0 bridgehead atoms. The summed E-state index contributed by atoms with van der Waals surface area (Å²) < 4.78 is 16.7. The van der Waals surface area contributed by atoms with Crippen LogP contribution in [-0.2, 0) is 14.3 Å². The number of hydrazone groups is 1. The van der Waals surface area contributed by atoms with Gasteiger partial charge in [0.25, 0.3) is 0 Å². The van der Waals surface area contributed by atoms with E-state index < -0.39 is 0 Å². The lowest BCUT2D eigenvalue weighted by Gasteiger charge is -2.26. The highest BCUT2D eigenvalue weighted by Crippen LogP contribution is 2.29. The van der Waals surface area contributed by atoms with Gasteiger partial charge in [-0.1, -0.05) is 12.1 Å². The molecule has 0 unspecified atom stereocenters. The smallest absolute Gasteiger partial charge is 0.178 e. The maximum absolute atomic E-state index is 12.1. The van der Waals surface area contributed by atoms with Crippen LogP contribution >= 0.6 is 0 Å². The zero-order valence-electron chi connectivity index (χ0n) is 13.3. The van der Waals surface area contributed by atoms with Gasteiger partial charge in [-0.05, 0) is 25.5 Å². The van der Waals surface area contributed by atoms with Crippen molar-refractivity contribution in [2.45, 2.75) is 32.5 Å². The summed E-state index contributed by atoms with van der Waals surface area (Å²) in [5.74, 6) is 1.00. The molecule has 23 heavy (non-hydrogen) atoms. The molecule has 1 aromatic rings. The van der Waals surface area contributed by atoms with Gasteiger partial charge in [-0.15, -0.1) is 0 Å². The van der Waals surface area contributed by atoms with Gasteiger partial charge in [0.05, 0.1) is 25.5 Å². The minimum Gasteiger partial charge on any atom is -0.492 e. The molecule has 6 nitrogen and oxygen atoms in total. The van der Waals surface area contributed by atoms with E-state index in [4.69, 9.17) is 14.2 Å². The SMILES string of the molecule is CCOc1ccccc1N/N=C1/C[C@H](C2OCCO2)CCC1=O. The van der Waals surface area contributed by atoms with Gasteiger partial charge in [0.15, 0.2) is 12.1 Å². The van der Waals surface area contributed by atoms with Crippen LogP contribution in [0.4, 0.5) is 5.69 Å². The average Bonchev–Trinajstić information content (AvgIpc) is 3.10. The van der Waals surface area contributed by atoms with Crippen LogP contribution < -0.4 is 10.2 Å². The molecule has 1 heterocycles. The Morgan fingerprint density at radius 1 is 1.30 bits per heavy atom. The fourth-order valence-corrected chi connectivity index (χ4v) is 2.88. The molecule has 0 aromatic heterocycles. The van der Waals surface area contributed by atoms with Crippen molar-refractivity contribution in [1.82, 2.24) is 0 Å². The van der Waals surface area contributed by atoms with Gasteiger partial charge in [0.1, 0.15) is 11.5 Å². The lowest BCUT2D eigenvalue weighted by molar-refractivity contribution is -0.117. The van der Waals surface area contributed by atoms with E-state index in [0.29, 0.717) is 38.4 Å². The maximum Gasteiger partial charge on any atom is 0.178 e. The minimum atomic E-state index is -0.205. The minimum absolute atomic E-state index is 0.0839. The Balaban J connectivity index is 1.69. The molecule has 1 aliphatic heterocycles. The van der Waals surface area contributed by atoms with Crippen LogP contribution in [0.15, 0.2) is 29.4 Å². The molecule has 2 fully saturated rings. The van der Waals surface area contributed by atoms with E-state index in [0.717, 1.165) is 17.9 Å². The first kappa shape index (κ1) is 16.0. The Labute approximate surface area is 135 Å². The van der Waals surface area contributed by atoms with Gasteiger partial charge >= 0.3 is 0 Å². The molecule has 6 heteroatoms. The zero-order chi connectivity index (χ0) is 16.1. The number of nitrogens with one attached hydrogen (secondary N) is 1. The van der Waals surface area contributed by atoms with Crippen LogP contribution in [0.25, 0.3) is 0 Å². The number of Topliss-reactive ketones (excluding diaryl/α,β-unsaturated/α-hetero) is 1. The van der Waals surface area contributed by atoms with E-state index in [9.17, 15) is 4.79 Å². The predicted molar refractivity (Wildman–Crippen MR) is 86.7 cm³/mol. The van der Waals surface area contributed by atoms with Gasteiger partial charge in [-0.3, -0.25) is 10.2 Å². The summed E-state index contributed by atoms with van der Waals surface area (Å²) in [6, 6.07) is 7.55. The number of nitrogens with zero attached hydrogens (tertiary/aromatic N) is 1. The van der Waals surface area contributed by atoms with Gasteiger partial charge in [0, 0.05) is 18.8 Å². The molecule has 2 aliphatic rings. The van der Waals surface area contributed by atoms with E-state index in [1.807, 2.05) is 31.2 Å². The Morgan fingerprint density at radius 3 is 2.87 bits per heavy atom. The topological polar surface area (TPSA) is 69.2 Å². The first-order valence-corrected chi connectivity index (χ1v) is 8.08. The van der Waals surface area contributed by atoms with Gasteiger partial charge in [-0.25, -0.2) is 0 Å². The number of ketones is 1. The normalized spacial score (nSPS) is 24.1. The number of rotatable bonds is 5. The second-order valence-corrected chi connectivity index (χ2v) is 5.64. The van der Waals surface area contributed by atoms with E-state index in [1.54, 1.807) is 0 Å². The third-order valence-electron chi connectivity index (χ3n) is 4.05. The van der Waals surface area contributed by atoms with Crippen LogP contribution in [0, 0.1) is 5.92 Å². The summed E-state index contributed by atoms with van der Waals surface area (Å²) in [5, 5.41) is 4.33. The monoisotopic (exact) mass is 318 g/mol. The quantitative estimate of drug-likeness (QED) is 0.845. The van der Waals surface area contributed by atoms with Crippen LogP contribution in [-0.4, -0.2) is 37.6 Å². The van der Waals surface area contributed by atoms with Crippen molar-refractivity contribution in [3.63, 3.8) is 0 Å². The fraction of sp³-hybridized carbons (Fsp3) is 0.529. The summed E-state index contributed by atoms with van der Waals surface area (Å²) >= 11 is 0. The Morgan fingerprint density at radius 2 is 2.09 bits per heavy atom. The molecule has 124 valence electrons. The number of para-hydroxylation sites is 2. The number of carbonyl (C=O) groups excluding carboxylic acids is 1. The molecule has 1 saturated heterocycles. The fourth-order valence-electron chi connectivity index (χ4n) is 2.88. The molecule has 1 aromatic carbocycles. The molecule has 0 spiro atoms. The molecule has 1 saturated carbocycles. The summed E-state index contributed by atoms with van der Waals surface area (Å²) in [6.45, 7) is 3.76. The standard InChI is InChI=1S/C17H22N2O4/c1-2-21-16-6-4-3-5-13(16)18-19-14-11-12(7-8-15(14)20)17-22-9-10-23-17/h3-6,12,17-18H,2,7-11H2,1H3/b19-14-/t12-/m1/s1. The highest BCUT2D eigenvalue weighted by Gasteiger charge is 2.33. The summed E-state index contributed by atoms with van der Waals surface area (Å²) in [7, 11) is 0. The number of ether oxygens (including phenoxy) is 3. The van der Waals surface area contributed by atoms with Gasteiger partial charge in [0.2, 0.25) is 0 Å². The lowest BCUT2D eigenvalue weighted by Crippen LogP contribution is -2.33. The Kier molecular flexibility index (Phi) is 5.25. The number of carbonyl (C=O) groups is 1. The van der Waals surface area contributed by atoms with Crippen LogP contribution in [0.1, 0.15) is 26.2 Å². The molecule has 1 aliphatic carbocycles. The Hall–Kier alpha value is -1.92. The maximum atomic E-state index is 12.1. The summed E-state index contributed by atoms with van der Waals surface area (Å²) in [4.78, 5) is 12.1. The molecule has 1 atom stereocenters. The van der Waals surface area contributed by atoms with E-state index >= 15 is 0 Å². The van der Waals surface area contributed by atoms with Crippen LogP contribution in [0.5, 0.6) is 5.75 Å². The number of hydrogen-bond acceptors (Lipinski definition) is 6. The summed E-state index contributed by atoms with van der Waals surface area (Å²) in [6.07, 6.45) is 1.65. The second kappa shape index (κ2) is 7.57. The number of hydrogen-bond donors (Lipinski definition) is 1. The largest absolute Gasteiger partial charge is 0.492 e. The van der Waals surface area contributed by atoms with Crippen molar-refractivity contribution in [2.75, 3.05) is 25.2 Å². The van der Waals surface area contributed by atoms with Crippen LogP contribution in [0.2, 0.25) is 0 Å². The number of benzene rings is 1.